The van der Waals surface area contributed by atoms with Gasteiger partial charge in [-0.05, 0) is 28.1 Å². The quantitative estimate of drug-likeness (QED) is 0.662. The van der Waals surface area contributed by atoms with Gasteiger partial charge in [0, 0.05) is 19.0 Å². The number of benzene rings is 1. The van der Waals surface area contributed by atoms with Gasteiger partial charge in [0.05, 0.1) is 9.40 Å². The Labute approximate surface area is 110 Å². The van der Waals surface area contributed by atoms with Crippen LogP contribution in [0.15, 0.2) is 16.6 Å². The Morgan fingerprint density at radius 1 is 1.56 bits per heavy atom. The second kappa shape index (κ2) is 4.62. The zero-order valence-corrected chi connectivity index (χ0v) is 10.7. The minimum absolute atomic E-state index is 0.0195. The maximum atomic E-state index is 13.7. The third-order valence-corrected chi connectivity index (χ3v) is 3.29. The van der Waals surface area contributed by atoms with Crippen LogP contribution in [0.1, 0.15) is 6.42 Å². The number of amides is 1. The normalized spacial score (nSPS) is 19.4. The number of nitrogens with two attached hydrogens (primary N) is 1. The zero-order chi connectivity index (χ0) is 13.4. The number of nitrogens with zero attached hydrogens (tertiary/aromatic N) is 2. The van der Waals surface area contributed by atoms with E-state index in [9.17, 15) is 19.3 Å². The fourth-order valence-corrected chi connectivity index (χ4v) is 2.21. The van der Waals surface area contributed by atoms with E-state index < -0.39 is 16.4 Å². The van der Waals surface area contributed by atoms with Gasteiger partial charge in [0.25, 0.3) is 0 Å². The Bertz CT molecular complexity index is 537. The molecule has 0 aliphatic carbocycles. The Balaban J connectivity index is 2.54. The first-order chi connectivity index (χ1) is 8.41. The van der Waals surface area contributed by atoms with Crippen LogP contribution >= 0.6 is 15.9 Å². The van der Waals surface area contributed by atoms with Crippen molar-refractivity contribution < 1.29 is 14.1 Å². The van der Waals surface area contributed by atoms with Gasteiger partial charge < -0.3 is 10.6 Å². The smallest absolute Gasteiger partial charge is 0.326 e. The molecular formula is C10H9BrFN3O3. The van der Waals surface area contributed by atoms with E-state index in [1.807, 2.05) is 0 Å². The fourth-order valence-electron chi connectivity index (χ4n) is 1.89. The molecule has 0 bridgehead atoms. The second-order valence-electron chi connectivity index (χ2n) is 3.95. The summed E-state index contributed by atoms with van der Waals surface area (Å²) in [6.45, 7) is 0.154. The summed E-state index contributed by atoms with van der Waals surface area (Å²) in [4.78, 5) is 22.9. The standard InChI is InChI=1S/C10H9BrFN3O3/c11-6-1-2-7(10(9(6)12)15(17)18)14-4-5(13)3-8(14)16/h1-2,5H,3-4,13H2. The molecule has 1 unspecified atom stereocenters. The van der Waals surface area contributed by atoms with E-state index in [0.29, 0.717) is 0 Å². The number of hydrogen-bond donors (Lipinski definition) is 1. The van der Waals surface area contributed by atoms with Crippen molar-refractivity contribution in [3.05, 3.63) is 32.5 Å². The number of carbonyl (C=O) groups is 1. The van der Waals surface area contributed by atoms with Crippen LogP contribution in [-0.4, -0.2) is 23.4 Å². The summed E-state index contributed by atoms with van der Waals surface area (Å²) in [6, 6.07) is 2.28. The molecular weight excluding hydrogens is 309 g/mol. The number of anilines is 1. The van der Waals surface area contributed by atoms with E-state index in [2.05, 4.69) is 15.9 Å². The van der Waals surface area contributed by atoms with Gasteiger partial charge >= 0.3 is 5.69 Å². The zero-order valence-electron chi connectivity index (χ0n) is 9.10. The van der Waals surface area contributed by atoms with Gasteiger partial charge in [0.1, 0.15) is 5.69 Å². The lowest BCUT2D eigenvalue weighted by molar-refractivity contribution is -0.386. The average molecular weight is 318 g/mol. The predicted octanol–water partition coefficient (Wildman–Crippen LogP) is 1.56. The Morgan fingerprint density at radius 3 is 2.72 bits per heavy atom. The first-order valence-electron chi connectivity index (χ1n) is 5.10. The molecule has 8 heteroatoms. The minimum Gasteiger partial charge on any atom is -0.326 e. The summed E-state index contributed by atoms with van der Waals surface area (Å²) >= 11 is 2.88. The number of halogens is 2. The SMILES string of the molecule is NC1CC(=O)N(c2ccc(Br)c(F)c2[N+](=O)[O-])C1. The molecule has 6 nitrogen and oxygen atoms in total. The number of rotatable bonds is 2. The molecule has 1 saturated heterocycles. The topological polar surface area (TPSA) is 89.5 Å². The van der Waals surface area contributed by atoms with Crippen LogP contribution in [0, 0.1) is 15.9 Å². The third kappa shape index (κ3) is 2.08. The summed E-state index contributed by atoms with van der Waals surface area (Å²) in [5, 5.41) is 10.9. The van der Waals surface area contributed by atoms with Crippen LogP contribution in [0.4, 0.5) is 15.8 Å². The van der Waals surface area contributed by atoms with Crippen molar-refractivity contribution in [3.8, 4) is 0 Å². The van der Waals surface area contributed by atoms with Gasteiger partial charge in [-0.1, -0.05) is 0 Å². The Morgan fingerprint density at radius 2 is 2.22 bits per heavy atom. The molecule has 1 heterocycles. The van der Waals surface area contributed by atoms with Gasteiger partial charge in [-0.15, -0.1) is 0 Å². The van der Waals surface area contributed by atoms with Crippen molar-refractivity contribution in [2.45, 2.75) is 12.5 Å². The molecule has 1 atom stereocenters. The van der Waals surface area contributed by atoms with Crippen molar-refractivity contribution in [2.75, 3.05) is 11.4 Å². The van der Waals surface area contributed by atoms with E-state index in [1.54, 1.807) is 0 Å². The van der Waals surface area contributed by atoms with Crippen LogP contribution < -0.4 is 10.6 Å². The molecule has 96 valence electrons. The first kappa shape index (κ1) is 12.9. The molecule has 1 aromatic rings. The molecule has 0 radical (unpaired) electrons. The molecule has 1 aromatic carbocycles. The third-order valence-electron chi connectivity index (χ3n) is 2.68. The first-order valence-corrected chi connectivity index (χ1v) is 5.89. The summed E-state index contributed by atoms with van der Waals surface area (Å²) in [7, 11) is 0. The molecule has 2 rings (SSSR count). The Kier molecular flexibility index (Phi) is 3.31. The maximum Gasteiger partial charge on any atom is 0.329 e. The molecule has 1 aliphatic heterocycles. The monoisotopic (exact) mass is 317 g/mol. The fraction of sp³-hybridized carbons (Fsp3) is 0.300. The number of nitro groups is 1. The molecule has 1 aliphatic rings. The van der Waals surface area contributed by atoms with E-state index in [0.717, 1.165) is 4.90 Å². The molecule has 0 saturated carbocycles. The highest BCUT2D eigenvalue weighted by atomic mass is 79.9. The summed E-state index contributed by atoms with van der Waals surface area (Å²) in [5.74, 6) is -1.34. The maximum absolute atomic E-state index is 13.7. The van der Waals surface area contributed by atoms with Crippen molar-refractivity contribution >= 4 is 33.2 Å². The van der Waals surface area contributed by atoms with Crippen LogP contribution in [-0.2, 0) is 4.79 Å². The van der Waals surface area contributed by atoms with Crippen molar-refractivity contribution in [2.24, 2.45) is 5.73 Å². The second-order valence-corrected chi connectivity index (χ2v) is 4.81. The number of nitro benzene ring substituents is 1. The predicted molar refractivity (Wildman–Crippen MR) is 65.7 cm³/mol. The van der Waals surface area contributed by atoms with Gasteiger partial charge in [0.2, 0.25) is 11.7 Å². The van der Waals surface area contributed by atoms with E-state index in [1.165, 1.54) is 12.1 Å². The Hall–Kier alpha value is -1.54. The molecule has 1 amide bonds. The summed E-state index contributed by atoms with van der Waals surface area (Å²) in [6.07, 6.45) is 0.106. The number of hydrogen-bond acceptors (Lipinski definition) is 4. The van der Waals surface area contributed by atoms with Crippen molar-refractivity contribution in [3.63, 3.8) is 0 Å². The largest absolute Gasteiger partial charge is 0.329 e. The van der Waals surface area contributed by atoms with Gasteiger partial charge in [-0.3, -0.25) is 14.9 Å². The summed E-state index contributed by atoms with van der Waals surface area (Å²) < 4.78 is 13.7. The lowest BCUT2D eigenvalue weighted by Crippen LogP contribution is -2.28. The van der Waals surface area contributed by atoms with Gasteiger partial charge in [-0.2, -0.15) is 4.39 Å². The highest BCUT2D eigenvalue weighted by Gasteiger charge is 2.34. The highest BCUT2D eigenvalue weighted by Crippen LogP contribution is 2.36. The molecule has 1 fully saturated rings. The lowest BCUT2D eigenvalue weighted by Gasteiger charge is -2.16. The average Bonchev–Trinajstić information content (AvgIpc) is 2.61. The van der Waals surface area contributed by atoms with Crippen LogP contribution in [0.25, 0.3) is 0 Å². The van der Waals surface area contributed by atoms with Crippen LogP contribution in [0.3, 0.4) is 0 Å². The lowest BCUT2D eigenvalue weighted by atomic mass is 10.2. The highest BCUT2D eigenvalue weighted by molar-refractivity contribution is 9.10. The number of carbonyl (C=O) groups excluding carboxylic acids is 1. The van der Waals surface area contributed by atoms with Gasteiger partial charge in [0.15, 0.2) is 0 Å². The molecule has 0 aromatic heterocycles. The summed E-state index contributed by atoms with van der Waals surface area (Å²) in [5.41, 5.74) is 4.84. The molecule has 0 spiro atoms. The van der Waals surface area contributed by atoms with E-state index in [-0.39, 0.29) is 35.1 Å². The van der Waals surface area contributed by atoms with Crippen LogP contribution in [0.2, 0.25) is 0 Å². The van der Waals surface area contributed by atoms with Crippen molar-refractivity contribution in [1.29, 1.82) is 0 Å². The molecule has 2 N–H and O–H groups in total. The van der Waals surface area contributed by atoms with Gasteiger partial charge in [-0.25, -0.2) is 0 Å². The van der Waals surface area contributed by atoms with Crippen LogP contribution in [0.5, 0.6) is 0 Å². The minimum atomic E-state index is -0.995. The van der Waals surface area contributed by atoms with Crippen molar-refractivity contribution in [1.82, 2.24) is 0 Å². The molecule has 18 heavy (non-hydrogen) atoms. The van der Waals surface area contributed by atoms with E-state index >= 15 is 0 Å². The van der Waals surface area contributed by atoms with E-state index in [4.69, 9.17) is 5.73 Å².